The molecule has 1 aliphatic heterocycles. The molecule has 0 aliphatic carbocycles. The Bertz CT molecular complexity index is 412. The van der Waals surface area contributed by atoms with Gasteiger partial charge in [0.2, 0.25) is 6.20 Å². The van der Waals surface area contributed by atoms with Crippen LogP contribution >= 0.6 is 0 Å². The largest absolute Gasteiger partial charge is 0.493 e. The minimum atomic E-state index is -0.448. The van der Waals surface area contributed by atoms with Gasteiger partial charge < -0.3 is 4.74 Å². The topological polar surface area (TPSA) is 52.4 Å². The molecule has 2 rings (SSSR count). The van der Waals surface area contributed by atoms with Crippen molar-refractivity contribution >= 4 is 0 Å². The second-order valence-electron chi connectivity index (χ2n) is 3.41. The lowest BCUT2D eigenvalue weighted by atomic mass is 10.1. The molecule has 1 heterocycles. The van der Waals surface area contributed by atoms with Gasteiger partial charge in [0.25, 0.3) is 0 Å². The molecule has 4 heteroatoms. The van der Waals surface area contributed by atoms with E-state index in [2.05, 4.69) is 0 Å². The molecule has 0 bridgehead atoms. The molecule has 15 heavy (non-hydrogen) atoms. The number of rotatable bonds is 3. The average Bonchev–Trinajstić information content (AvgIpc) is 2.64. The highest BCUT2D eigenvalue weighted by Gasteiger charge is 2.11. The van der Waals surface area contributed by atoms with Gasteiger partial charge >= 0.3 is 0 Å². The van der Waals surface area contributed by atoms with Crippen LogP contribution in [0.1, 0.15) is 11.1 Å². The second kappa shape index (κ2) is 4.13. The van der Waals surface area contributed by atoms with E-state index in [1.165, 1.54) is 5.56 Å². The van der Waals surface area contributed by atoms with E-state index in [9.17, 15) is 10.1 Å². The molecule has 0 radical (unpaired) electrons. The number of benzene rings is 1. The first-order chi connectivity index (χ1) is 7.25. The van der Waals surface area contributed by atoms with Crippen molar-refractivity contribution in [2.24, 2.45) is 0 Å². The lowest BCUT2D eigenvalue weighted by Crippen LogP contribution is -1.87. The molecule has 0 amide bonds. The van der Waals surface area contributed by atoms with Crippen LogP contribution in [0.25, 0.3) is 0 Å². The van der Waals surface area contributed by atoms with E-state index in [1.54, 1.807) is 6.08 Å². The molecule has 1 aliphatic rings. The number of hydrogen-bond donors (Lipinski definition) is 0. The summed E-state index contributed by atoms with van der Waals surface area (Å²) in [5.74, 6) is 0.942. The van der Waals surface area contributed by atoms with E-state index in [0.29, 0.717) is 6.42 Å². The second-order valence-corrected chi connectivity index (χ2v) is 3.41. The van der Waals surface area contributed by atoms with Crippen LogP contribution < -0.4 is 4.74 Å². The van der Waals surface area contributed by atoms with E-state index in [4.69, 9.17) is 4.74 Å². The van der Waals surface area contributed by atoms with Crippen LogP contribution in [-0.2, 0) is 12.8 Å². The SMILES string of the molecule is O=[N+]([O-])/C=C/Cc1ccc2c(c1)CCO2. The summed E-state index contributed by atoms with van der Waals surface area (Å²) >= 11 is 0. The van der Waals surface area contributed by atoms with Crippen LogP contribution in [0, 0.1) is 10.1 Å². The van der Waals surface area contributed by atoms with Crippen LogP contribution in [0.3, 0.4) is 0 Å². The molecule has 1 aromatic carbocycles. The highest BCUT2D eigenvalue weighted by Crippen LogP contribution is 2.25. The number of allylic oxidation sites excluding steroid dienone is 1. The van der Waals surface area contributed by atoms with Crippen molar-refractivity contribution in [3.05, 3.63) is 51.7 Å². The number of ether oxygens (including phenoxy) is 1. The molecule has 0 aromatic heterocycles. The molecule has 78 valence electrons. The summed E-state index contributed by atoms with van der Waals surface area (Å²) < 4.78 is 5.37. The molecule has 0 saturated carbocycles. The van der Waals surface area contributed by atoms with Crippen LogP contribution in [-0.4, -0.2) is 11.5 Å². The van der Waals surface area contributed by atoms with Crippen molar-refractivity contribution < 1.29 is 9.66 Å². The van der Waals surface area contributed by atoms with Crippen molar-refractivity contribution in [2.75, 3.05) is 6.61 Å². The van der Waals surface area contributed by atoms with Crippen molar-refractivity contribution in [1.82, 2.24) is 0 Å². The number of fused-ring (bicyclic) bond motifs is 1. The summed E-state index contributed by atoms with van der Waals surface area (Å²) in [4.78, 5) is 9.63. The van der Waals surface area contributed by atoms with Gasteiger partial charge in [-0.3, -0.25) is 10.1 Å². The van der Waals surface area contributed by atoms with Gasteiger partial charge in [0, 0.05) is 6.42 Å². The van der Waals surface area contributed by atoms with Gasteiger partial charge in [0.15, 0.2) is 0 Å². The maximum Gasteiger partial charge on any atom is 0.230 e. The molecule has 4 nitrogen and oxygen atoms in total. The number of nitro groups is 1. The summed E-state index contributed by atoms with van der Waals surface area (Å²) in [6.45, 7) is 0.740. The Kier molecular flexibility index (Phi) is 2.67. The minimum Gasteiger partial charge on any atom is -0.493 e. The minimum absolute atomic E-state index is 0.448. The van der Waals surface area contributed by atoms with Crippen LogP contribution in [0.5, 0.6) is 5.75 Å². The summed E-state index contributed by atoms with van der Waals surface area (Å²) in [6, 6.07) is 5.92. The third kappa shape index (κ3) is 2.34. The highest BCUT2D eigenvalue weighted by molar-refractivity contribution is 5.40. The van der Waals surface area contributed by atoms with Gasteiger partial charge in [-0.15, -0.1) is 0 Å². The normalized spacial score (nSPS) is 13.9. The Balaban J connectivity index is 2.07. The Hall–Kier alpha value is -1.84. The highest BCUT2D eigenvalue weighted by atomic mass is 16.6. The first-order valence-electron chi connectivity index (χ1n) is 4.80. The van der Waals surface area contributed by atoms with E-state index in [0.717, 1.165) is 30.5 Å². The molecule has 0 spiro atoms. The van der Waals surface area contributed by atoms with Gasteiger partial charge in [-0.05, 0) is 29.7 Å². The summed E-state index contributed by atoms with van der Waals surface area (Å²) in [7, 11) is 0. The summed E-state index contributed by atoms with van der Waals surface area (Å²) in [5.41, 5.74) is 2.28. The Labute approximate surface area is 87.3 Å². The monoisotopic (exact) mass is 205 g/mol. The zero-order valence-corrected chi connectivity index (χ0v) is 8.18. The molecular weight excluding hydrogens is 194 g/mol. The third-order valence-electron chi connectivity index (χ3n) is 2.33. The van der Waals surface area contributed by atoms with E-state index in [-0.39, 0.29) is 0 Å². The van der Waals surface area contributed by atoms with Gasteiger partial charge in [-0.25, -0.2) is 0 Å². The van der Waals surface area contributed by atoms with Crippen LogP contribution in [0.15, 0.2) is 30.5 Å². The molecule has 0 atom stereocenters. The first kappa shape index (κ1) is 9.71. The lowest BCUT2D eigenvalue weighted by Gasteiger charge is -2.00. The van der Waals surface area contributed by atoms with E-state index >= 15 is 0 Å². The smallest absolute Gasteiger partial charge is 0.230 e. The maximum atomic E-state index is 10.1. The van der Waals surface area contributed by atoms with Crippen molar-refractivity contribution in [3.63, 3.8) is 0 Å². The number of hydrogen-bond acceptors (Lipinski definition) is 3. The van der Waals surface area contributed by atoms with Crippen molar-refractivity contribution in [1.29, 1.82) is 0 Å². The summed E-state index contributed by atoms with van der Waals surface area (Å²) in [6.07, 6.45) is 4.05. The molecular formula is C11H11NO3. The zero-order valence-electron chi connectivity index (χ0n) is 8.18. The van der Waals surface area contributed by atoms with Gasteiger partial charge in [0.1, 0.15) is 5.75 Å². The first-order valence-corrected chi connectivity index (χ1v) is 4.80. The van der Waals surface area contributed by atoms with Gasteiger partial charge in [0.05, 0.1) is 11.5 Å². The van der Waals surface area contributed by atoms with E-state index in [1.807, 2.05) is 18.2 Å². The standard InChI is InChI=1S/C11H11NO3/c13-12(14)6-1-2-9-3-4-11-10(8-9)5-7-15-11/h1,3-4,6,8H,2,5,7H2/b6-1+. The molecule has 0 fully saturated rings. The Morgan fingerprint density at radius 3 is 3.20 bits per heavy atom. The fourth-order valence-electron chi connectivity index (χ4n) is 1.64. The molecule has 0 unspecified atom stereocenters. The fraction of sp³-hybridized carbons (Fsp3) is 0.273. The maximum absolute atomic E-state index is 10.1. The molecule has 0 N–H and O–H groups in total. The van der Waals surface area contributed by atoms with Gasteiger partial charge in [-0.2, -0.15) is 0 Å². The Morgan fingerprint density at radius 2 is 2.40 bits per heavy atom. The predicted molar refractivity (Wildman–Crippen MR) is 55.5 cm³/mol. The quantitative estimate of drug-likeness (QED) is 0.559. The molecule has 0 saturated heterocycles. The predicted octanol–water partition coefficient (Wildman–Crippen LogP) is 1.95. The van der Waals surface area contributed by atoms with Gasteiger partial charge in [-0.1, -0.05) is 12.1 Å². The Morgan fingerprint density at radius 1 is 1.53 bits per heavy atom. The van der Waals surface area contributed by atoms with Crippen molar-refractivity contribution in [3.8, 4) is 5.75 Å². The summed E-state index contributed by atoms with van der Waals surface area (Å²) in [5, 5.41) is 10.1. The lowest BCUT2D eigenvalue weighted by molar-refractivity contribution is -0.402. The number of nitrogens with zero attached hydrogens (tertiary/aromatic N) is 1. The average molecular weight is 205 g/mol. The fourth-order valence-corrected chi connectivity index (χ4v) is 1.64. The zero-order chi connectivity index (χ0) is 10.7. The van der Waals surface area contributed by atoms with E-state index < -0.39 is 4.92 Å². The van der Waals surface area contributed by atoms with Crippen molar-refractivity contribution in [2.45, 2.75) is 12.8 Å². The van der Waals surface area contributed by atoms with Crippen LogP contribution in [0.4, 0.5) is 0 Å². The van der Waals surface area contributed by atoms with Crippen LogP contribution in [0.2, 0.25) is 0 Å². The third-order valence-corrected chi connectivity index (χ3v) is 2.33. The molecule has 1 aromatic rings.